The maximum Gasteiger partial charge on any atom is 0.341 e. The van der Waals surface area contributed by atoms with Crippen LogP contribution in [0.1, 0.15) is 16.1 Å². The first kappa shape index (κ1) is 12.9. The van der Waals surface area contributed by atoms with Crippen molar-refractivity contribution in [2.24, 2.45) is 0 Å². The van der Waals surface area contributed by atoms with Gasteiger partial charge in [0.05, 0.1) is 25.5 Å². The molecule has 2 aromatic rings. The normalized spacial score (nSPS) is 10.2. The molecule has 0 saturated carbocycles. The number of aromatic nitrogens is 1. The van der Waals surface area contributed by atoms with E-state index < -0.39 is 5.97 Å². The number of carboxylic acids is 1. The molecule has 2 rings (SSSR count). The van der Waals surface area contributed by atoms with Gasteiger partial charge < -0.3 is 19.3 Å². The van der Waals surface area contributed by atoms with Gasteiger partial charge in [-0.3, -0.25) is 0 Å². The van der Waals surface area contributed by atoms with E-state index in [-0.39, 0.29) is 5.56 Å². The summed E-state index contributed by atoms with van der Waals surface area (Å²) in [7, 11) is 3.41. The average molecular weight is 262 g/mol. The Kier molecular flexibility index (Phi) is 3.70. The Bertz CT molecular complexity index is 580. The number of carbonyl (C=O) groups is 1. The Morgan fingerprint density at radius 1 is 1.47 bits per heavy atom. The van der Waals surface area contributed by atoms with Gasteiger partial charge in [-0.15, -0.1) is 0 Å². The van der Waals surface area contributed by atoms with Crippen molar-refractivity contribution < 1.29 is 19.2 Å². The number of hydrogen-bond acceptors (Lipinski definition) is 5. The van der Waals surface area contributed by atoms with Crippen LogP contribution in [-0.2, 0) is 6.54 Å². The molecule has 0 bridgehead atoms. The van der Waals surface area contributed by atoms with Crippen molar-refractivity contribution in [3.63, 3.8) is 0 Å². The van der Waals surface area contributed by atoms with Crippen LogP contribution in [0.5, 0.6) is 5.75 Å². The summed E-state index contributed by atoms with van der Waals surface area (Å²) in [6.07, 6.45) is 1.20. The molecule has 1 aromatic carbocycles. The average Bonchev–Trinajstić information content (AvgIpc) is 2.87. The van der Waals surface area contributed by atoms with Crippen LogP contribution in [0.3, 0.4) is 0 Å². The number of anilines is 1. The monoisotopic (exact) mass is 262 g/mol. The molecule has 6 nitrogen and oxygen atoms in total. The fourth-order valence-corrected chi connectivity index (χ4v) is 1.80. The first-order chi connectivity index (χ1) is 9.13. The third-order valence-electron chi connectivity index (χ3n) is 2.75. The number of ether oxygens (including phenoxy) is 1. The van der Waals surface area contributed by atoms with Gasteiger partial charge in [-0.25, -0.2) is 4.79 Å². The maximum absolute atomic E-state index is 11.0. The molecule has 0 atom stereocenters. The van der Waals surface area contributed by atoms with Gasteiger partial charge in [-0.05, 0) is 12.1 Å². The molecule has 0 amide bonds. The molecule has 0 radical (unpaired) electrons. The standard InChI is InChI=1S/C13H14N2O4/c1-15(10-5-3-4-6-11(10)18-2)8-12-9(13(16)17)7-14-19-12/h3-7H,8H2,1-2H3,(H,16,17). The Morgan fingerprint density at radius 2 is 2.21 bits per heavy atom. The lowest BCUT2D eigenvalue weighted by atomic mass is 10.2. The SMILES string of the molecule is COc1ccccc1N(C)Cc1oncc1C(=O)O. The first-order valence-electron chi connectivity index (χ1n) is 5.64. The van der Waals surface area contributed by atoms with Crippen molar-refractivity contribution in [1.82, 2.24) is 5.16 Å². The van der Waals surface area contributed by atoms with Crippen LogP contribution in [0.15, 0.2) is 35.0 Å². The lowest BCUT2D eigenvalue weighted by Crippen LogP contribution is -2.18. The number of rotatable bonds is 5. The first-order valence-corrected chi connectivity index (χ1v) is 5.64. The Balaban J connectivity index is 2.23. The highest BCUT2D eigenvalue weighted by molar-refractivity contribution is 5.88. The van der Waals surface area contributed by atoms with E-state index >= 15 is 0 Å². The Morgan fingerprint density at radius 3 is 2.89 bits per heavy atom. The molecule has 0 unspecified atom stereocenters. The Labute approximate surface area is 110 Å². The van der Waals surface area contributed by atoms with Crippen LogP contribution in [0, 0.1) is 0 Å². The van der Waals surface area contributed by atoms with Crippen molar-refractivity contribution >= 4 is 11.7 Å². The molecule has 0 aliphatic heterocycles. The van der Waals surface area contributed by atoms with E-state index in [0.717, 1.165) is 5.69 Å². The van der Waals surface area contributed by atoms with E-state index in [2.05, 4.69) is 5.16 Å². The number of nitrogens with zero attached hydrogens (tertiary/aromatic N) is 2. The molecule has 0 fully saturated rings. The molecule has 100 valence electrons. The van der Waals surface area contributed by atoms with E-state index in [9.17, 15) is 4.79 Å². The largest absolute Gasteiger partial charge is 0.495 e. The van der Waals surface area contributed by atoms with Gasteiger partial charge in [0, 0.05) is 7.05 Å². The van der Waals surface area contributed by atoms with E-state index in [1.165, 1.54) is 6.20 Å². The predicted octanol–water partition coefficient (Wildman–Crippen LogP) is 2.02. The zero-order chi connectivity index (χ0) is 13.8. The summed E-state index contributed by atoms with van der Waals surface area (Å²) in [6.45, 7) is 0.294. The van der Waals surface area contributed by atoms with Gasteiger partial charge in [0.2, 0.25) is 0 Å². The summed E-state index contributed by atoms with van der Waals surface area (Å²) in [5, 5.41) is 12.5. The van der Waals surface area contributed by atoms with Crippen molar-refractivity contribution in [2.75, 3.05) is 19.1 Å². The van der Waals surface area contributed by atoms with Crippen LogP contribution in [0.25, 0.3) is 0 Å². The van der Waals surface area contributed by atoms with Gasteiger partial charge in [-0.2, -0.15) is 0 Å². The van der Waals surface area contributed by atoms with Crippen LogP contribution < -0.4 is 9.64 Å². The van der Waals surface area contributed by atoms with Gasteiger partial charge >= 0.3 is 5.97 Å². The molecule has 19 heavy (non-hydrogen) atoms. The van der Waals surface area contributed by atoms with E-state index in [1.54, 1.807) is 7.11 Å². The summed E-state index contributed by atoms with van der Waals surface area (Å²) in [5.41, 5.74) is 0.916. The Hall–Kier alpha value is -2.50. The highest BCUT2D eigenvalue weighted by atomic mass is 16.5. The van der Waals surface area contributed by atoms with Crippen molar-refractivity contribution in [3.05, 3.63) is 41.8 Å². The van der Waals surface area contributed by atoms with Crippen LogP contribution >= 0.6 is 0 Å². The summed E-state index contributed by atoms with van der Waals surface area (Å²) in [5.74, 6) is -0.0352. The van der Waals surface area contributed by atoms with Gasteiger partial charge in [0.25, 0.3) is 0 Å². The second kappa shape index (κ2) is 5.43. The minimum Gasteiger partial charge on any atom is -0.495 e. The molecular weight excluding hydrogens is 248 g/mol. The third kappa shape index (κ3) is 2.67. The van der Waals surface area contributed by atoms with E-state index in [1.807, 2.05) is 36.2 Å². The topological polar surface area (TPSA) is 75.8 Å². The molecular formula is C13H14N2O4. The predicted molar refractivity (Wildman–Crippen MR) is 68.6 cm³/mol. The van der Waals surface area contributed by atoms with Crippen LogP contribution in [0.2, 0.25) is 0 Å². The molecule has 0 spiro atoms. The highest BCUT2D eigenvalue weighted by Crippen LogP contribution is 2.28. The minimum absolute atomic E-state index is 0.0711. The fourth-order valence-electron chi connectivity index (χ4n) is 1.80. The number of hydrogen-bond donors (Lipinski definition) is 1. The smallest absolute Gasteiger partial charge is 0.341 e. The number of para-hydroxylation sites is 2. The van der Waals surface area contributed by atoms with Crippen LogP contribution in [-0.4, -0.2) is 30.4 Å². The second-order valence-corrected chi connectivity index (χ2v) is 4.00. The lowest BCUT2D eigenvalue weighted by molar-refractivity contribution is 0.0694. The zero-order valence-corrected chi connectivity index (χ0v) is 10.7. The van der Waals surface area contributed by atoms with Gasteiger partial charge in [0.1, 0.15) is 11.3 Å². The van der Waals surface area contributed by atoms with E-state index in [4.69, 9.17) is 14.4 Å². The maximum atomic E-state index is 11.0. The van der Waals surface area contributed by atoms with Crippen molar-refractivity contribution in [1.29, 1.82) is 0 Å². The molecule has 1 heterocycles. The number of benzene rings is 1. The van der Waals surface area contributed by atoms with E-state index in [0.29, 0.717) is 18.1 Å². The fraction of sp³-hybridized carbons (Fsp3) is 0.231. The lowest BCUT2D eigenvalue weighted by Gasteiger charge is -2.20. The summed E-state index contributed by atoms with van der Waals surface area (Å²) in [6, 6.07) is 7.47. The number of methoxy groups -OCH3 is 1. The highest BCUT2D eigenvalue weighted by Gasteiger charge is 2.18. The quantitative estimate of drug-likeness (QED) is 0.888. The van der Waals surface area contributed by atoms with Crippen molar-refractivity contribution in [3.8, 4) is 5.75 Å². The molecule has 0 aliphatic rings. The second-order valence-electron chi connectivity index (χ2n) is 4.00. The molecule has 1 aromatic heterocycles. The third-order valence-corrected chi connectivity index (χ3v) is 2.75. The summed E-state index contributed by atoms with van der Waals surface area (Å²) in [4.78, 5) is 12.8. The van der Waals surface area contributed by atoms with Crippen LogP contribution in [0.4, 0.5) is 5.69 Å². The van der Waals surface area contributed by atoms with Crippen molar-refractivity contribution in [2.45, 2.75) is 6.54 Å². The molecule has 0 saturated heterocycles. The molecule has 0 aliphatic carbocycles. The summed E-state index contributed by atoms with van der Waals surface area (Å²) < 4.78 is 10.2. The number of carboxylic acid groups (broad SMARTS) is 1. The molecule has 6 heteroatoms. The van der Waals surface area contributed by atoms with Gasteiger partial charge in [0.15, 0.2) is 5.76 Å². The van der Waals surface area contributed by atoms with Gasteiger partial charge in [-0.1, -0.05) is 17.3 Å². The minimum atomic E-state index is -1.05. The zero-order valence-electron chi connectivity index (χ0n) is 10.7. The number of aromatic carboxylic acids is 1. The summed E-state index contributed by atoms with van der Waals surface area (Å²) >= 11 is 0. The molecule has 1 N–H and O–H groups in total.